The smallest absolute Gasteiger partial charge is 0.269 e. The summed E-state index contributed by atoms with van der Waals surface area (Å²) in [6.07, 6.45) is 3.26. The molecule has 12 heavy (non-hydrogen) atoms. The van der Waals surface area contributed by atoms with Crippen molar-refractivity contribution in [2.24, 2.45) is 0 Å². The third kappa shape index (κ3) is 1.69. The summed E-state index contributed by atoms with van der Waals surface area (Å²) in [5.74, 6) is -0.182. The second-order valence-corrected chi connectivity index (χ2v) is 2.26. The molecular weight excluding hydrogens is 152 g/mol. The number of pyridine rings is 1. The molecule has 0 saturated carbocycles. The topological polar surface area (TPSA) is 42.0 Å². The highest BCUT2D eigenvalue weighted by Crippen LogP contribution is 2.02. The minimum Gasteiger partial charge on any atom is -0.354 e. The van der Waals surface area contributed by atoms with Crippen molar-refractivity contribution in [3.63, 3.8) is 0 Å². The lowest BCUT2D eigenvalue weighted by molar-refractivity contribution is 0.0958. The number of hydrogen-bond donors (Lipinski definition) is 1. The Morgan fingerprint density at radius 1 is 1.75 bits per heavy atom. The lowest BCUT2D eigenvalue weighted by atomic mass is 10.2. The summed E-state index contributed by atoms with van der Waals surface area (Å²) in [6, 6.07) is 3.48. The van der Waals surface area contributed by atoms with Gasteiger partial charge in [0.15, 0.2) is 0 Å². The van der Waals surface area contributed by atoms with Gasteiger partial charge in [-0.15, -0.1) is 0 Å². The third-order valence-electron chi connectivity index (χ3n) is 1.48. The van der Waals surface area contributed by atoms with Gasteiger partial charge in [0.05, 0.1) is 0 Å². The molecule has 1 amide bonds. The van der Waals surface area contributed by atoms with Crippen LogP contribution >= 0.6 is 0 Å². The normalized spacial score (nSPS) is 9.08. The van der Waals surface area contributed by atoms with Gasteiger partial charge in [-0.25, -0.2) is 0 Å². The molecule has 1 aromatic rings. The van der Waals surface area contributed by atoms with Gasteiger partial charge in [-0.05, 0) is 17.7 Å². The lowest BCUT2D eigenvalue weighted by Gasteiger charge is -1.98. The SMILES string of the molecule is C=Cc1ccnc(C(=O)NC)c1. The molecule has 0 unspecified atom stereocenters. The summed E-state index contributed by atoms with van der Waals surface area (Å²) in [7, 11) is 1.57. The molecule has 0 saturated heterocycles. The Morgan fingerprint density at radius 2 is 2.50 bits per heavy atom. The summed E-state index contributed by atoms with van der Waals surface area (Å²) >= 11 is 0. The summed E-state index contributed by atoms with van der Waals surface area (Å²) in [5, 5.41) is 2.50. The van der Waals surface area contributed by atoms with Gasteiger partial charge in [-0.2, -0.15) is 0 Å². The first-order chi connectivity index (χ1) is 5.77. The lowest BCUT2D eigenvalue weighted by Crippen LogP contribution is -2.19. The van der Waals surface area contributed by atoms with E-state index in [0.29, 0.717) is 5.69 Å². The third-order valence-corrected chi connectivity index (χ3v) is 1.48. The Balaban J connectivity index is 3.01. The highest BCUT2D eigenvalue weighted by molar-refractivity contribution is 5.92. The number of nitrogens with one attached hydrogen (secondary N) is 1. The van der Waals surface area contributed by atoms with Gasteiger partial charge in [0, 0.05) is 13.2 Å². The van der Waals surface area contributed by atoms with Crippen LogP contribution in [0, 0.1) is 0 Å². The Hall–Kier alpha value is -1.64. The molecule has 0 radical (unpaired) electrons. The molecule has 0 fully saturated rings. The molecule has 0 aromatic carbocycles. The maximum atomic E-state index is 11.1. The van der Waals surface area contributed by atoms with E-state index in [4.69, 9.17) is 0 Å². The van der Waals surface area contributed by atoms with E-state index >= 15 is 0 Å². The second kappa shape index (κ2) is 3.67. The van der Waals surface area contributed by atoms with E-state index in [2.05, 4.69) is 16.9 Å². The van der Waals surface area contributed by atoms with Crippen LogP contribution in [0.1, 0.15) is 16.1 Å². The van der Waals surface area contributed by atoms with Crippen LogP contribution in [0.15, 0.2) is 24.9 Å². The summed E-state index contributed by atoms with van der Waals surface area (Å²) in [4.78, 5) is 15.0. The van der Waals surface area contributed by atoms with Gasteiger partial charge in [0.1, 0.15) is 5.69 Å². The van der Waals surface area contributed by atoms with Crippen molar-refractivity contribution < 1.29 is 4.79 Å². The Kier molecular flexibility index (Phi) is 2.58. The van der Waals surface area contributed by atoms with Gasteiger partial charge in [-0.1, -0.05) is 12.7 Å². The predicted molar refractivity (Wildman–Crippen MR) is 47.7 cm³/mol. The maximum Gasteiger partial charge on any atom is 0.269 e. The zero-order valence-electron chi connectivity index (χ0n) is 6.87. The average molecular weight is 162 g/mol. The van der Waals surface area contributed by atoms with E-state index in [1.165, 1.54) is 0 Å². The average Bonchev–Trinajstić information content (AvgIpc) is 2.17. The van der Waals surface area contributed by atoms with Gasteiger partial charge < -0.3 is 5.32 Å². The van der Waals surface area contributed by atoms with E-state index in [0.717, 1.165) is 5.56 Å². The highest BCUT2D eigenvalue weighted by Gasteiger charge is 2.02. The summed E-state index contributed by atoms with van der Waals surface area (Å²) < 4.78 is 0. The van der Waals surface area contributed by atoms with Crippen molar-refractivity contribution in [3.8, 4) is 0 Å². The number of amides is 1. The summed E-state index contributed by atoms with van der Waals surface area (Å²) in [6.45, 7) is 3.60. The molecular formula is C9H10N2O. The van der Waals surface area contributed by atoms with Crippen molar-refractivity contribution in [1.29, 1.82) is 0 Å². The van der Waals surface area contributed by atoms with E-state index in [-0.39, 0.29) is 5.91 Å². The van der Waals surface area contributed by atoms with Crippen LogP contribution < -0.4 is 5.32 Å². The van der Waals surface area contributed by atoms with Gasteiger partial charge >= 0.3 is 0 Å². The largest absolute Gasteiger partial charge is 0.354 e. The Bertz CT molecular complexity index is 307. The van der Waals surface area contributed by atoms with E-state index in [1.807, 2.05) is 0 Å². The number of hydrogen-bond acceptors (Lipinski definition) is 2. The Morgan fingerprint density at radius 3 is 3.08 bits per heavy atom. The van der Waals surface area contributed by atoms with Crippen LogP contribution in [0.25, 0.3) is 6.08 Å². The summed E-state index contributed by atoms with van der Waals surface area (Å²) in [5.41, 5.74) is 1.30. The predicted octanol–water partition coefficient (Wildman–Crippen LogP) is 1.08. The highest BCUT2D eigenvalue weighted by atomic mass is 16.1. The Labute approximate surface area is 71.1 Å². The number of carbonyl (C=O) groups excluding carboxylic acids is 1. The number of carbonyl (C=O) groups is 1. The molecule has 3 heteroatoms. The van der Waals surface area contributed by atoms with Crippen LogP contribution in [0.4, 0.5) is 0 Å². The van der Waals surface area contributed by atoms with Crippen LogP contribution in [-0.2, 0) is 0 Å². The molecule has 1 N–H and O–H groups in total. The zero-order chi connectivity index (χ0) is 8.97. The number of aromatic nitrogens is 1. The van der Waals surface area contributed by atoms with E-state index in [1.54, 1.807) is 31.5 Å². The van der Waals surface area contributed by atoms with Gasteiger partial charge in [0.2, 0.25) is 0 Å². The molecule has 0 spiro atoms. The minimum absolute atomic E-state index is 0.182. The first-order valence-corrected chi connectivity index (χ1v) is 3.58. The molecule has 1 aromatic heterocycles. The first kappa shape index (κ1) is 8.46. The van der Waals surface area contributed by atoms with Crippen molar-refractivity contribution in [2.45, 2.75) is 0 Å². The molecule has 0 atom stereocenters. The molecule has 1 rings (SSSR count). The van der Waals surface area contributed by atoms with Crippen molar-refractivity contribution in [2.75, 3.05) is 7.05 Å². The first-order valence-electron chi connectivity index (χ1n) is 3.58. The van der Waals surface area contributed by atoms with Crippen LogP contribution in [-0.4, -0.2) is 17.9 Å². The molecule has 3 nitrogen and oxygen atoms in total. The van der Waals surface area contributed by atoms with Crippen molar-refractivity contribution in [3.05, 3.63) is 36.2 Å². The minimum atomic E-state index is -0.182. The molecule has 0 aliphatic heterocycles. The monoisotopic (exact) mass is 162 g/mol. The zero-order valence-corrected chi connectivity index (χ0v) is 6.87. The number of rotatable bonds is 2. The van der Waals surface area contributed by atoms with E-state index in [9.17, 15) is 4.79 Å². The van der Waals surface area contributed by atoms with Crippen LogP contribution in [0.3, 0.4) is 0 Å². The molecule has 0 bridgehead atoms. The fourth-order valence-electron chi connectivity index (χ4n) is 0.826. The molecule has 0 aliphatic rings. The van der Waals surface area contributed by atoms with Crippen LogP contribution in [0.2, 0.25) is 0 Å². The second-order valence-electron chi connectivity index (χ2n) is 2.26. The van der Waals surface area contributed by atoms with E-state index < -0.39 is 0 Å². The van der Waals surface area contributed by atoms with Crippen LogP contribution in [0.5, 0.6) is 0 Å². The molecule has 0 aliphatic carbocycles. The fraction of sp³-hybridized carbons (Fsp3) is 0.111. The van der Waals surface area contributed by atoms with Crippen molar-refractivity contribution in [1.82, 2.24) is 10.3 Å². The number of nitrogens with zero attached hydrogens (tertiary/aromatic N) is 1. The maximum absolute atomic E-state index is 11.1. The molecule has 1 heterocycles. The standard InChI is InChI=1S/C9H10N2O/c1-3-7-4-5-11-8(6-7)9(12)10-2/h3-6H,1H2,2H3,(H,10,12). The quantitative estimate of drug-likeness (QED) is 0.707. The fourth-order valence-corrected chi connectivity index (χ4v) is 0.826. The van der Waals surface area contributed by atoms with Crippen molar-refractivity contribution >= 4 is 12.0 Å². The van der Waals surface area contributed by atoms with Gasteiger partial charge in [-0.3, -0.25) is 9.78 Å². The molecule has 62 valence electrons. The van der Waals surface area contributed by atoms with Gasteiger partial charge in [0.25, 0.3) is 5.91 Å².